The molecule has 5 rings (SSSR count). The second-order valence-electron chi connectivity index (χ2n) is 20.8. The molecular weight excluding hydrogens is 973 g/mol. The van der Waals surface area contributed by atoms with E-state index in [0.717, 1.165) is 21.5 Å². The largest absolute Gasteiger partial charge is 0.391 e. The maximum Gasteiger partial charge on any atom is 0.333 e. The van der Waals surface area contributed by atoms with E-state index in [1.807, 2.05) is 52.0 Å². The molecule has 1 unspecified atom stereocenters. The number of H-pyrrole nitrogens is 1. The highest BCUT2D eigenvalue weighted by atomic mass is 16.7. The number of benzene rings is 1. The lowest BCUT2D eigenvalue weighted by molar-refractivity contribution is -0.197. The third-order valence-electron chi connectivity index (χ3n) is 15.0. The fourth-order valence-corrected chi connectivity index (χ4v) is 10.6. The first kappa shape index (κ1) is 60.3. The number of hydroxylamine groups is 4. The Bertz CT molecular complexity index is 2280. The number of imide groups is 1. The van der Waals surface area contributed by atoms with Crippen molar-refractivity contribution in [2.24, 2.45) is 17.8 Å². The van der Waals surface area contributed by atoms with E-state index in [1.54, 1.807) is 41.9 Å². The number of aromatic nitrogens is 1. The summed E-state index contributed by atoms with van der Waals surface area (Å²) < 4.78 is 12.1. The number of rotatable bonds is 28. The molecule has 0 aliphatic carbocycles. The minimum Gasteiger partial charge on any atom is -0.391 e. The third kappa shape index (κ3) is 15.3. The molecule has 7 amide bonds. The number of carbonyl (C=O) groups excluding carboxylic acids is 8. The number of aliphatic hydroxyl groups is 2. The van der Waals surface area contributed by atoms with Crippen LogP contribution in [0.15, 0.2) is 30.5 Å². The van der Waals surface area contributed by atoms with Crippen molar-refractivity contribution in [3.05, 3.63) is 36.0 Å². The van der Waals surface area contributed by atoms with E-state index in [0.29, 0.717) is 56.7 Å². The van der Waals surface area contributed by atoms with Gasteiger partial charge in [0.2, 0.25) is 23.6 Å². The van der Waals surface area contributed by atoms with Gasteiger partial charge in [-0.15, -0.1) is 5.06 Å². The molecule has 3 saturated heterocycles. The van der Waals surface area contributed by atoms with E-state index in [-0.39, 0.29) is 63.0 Å². The maximum atomic E-state index is 14.6. The van der Waals surface area contributed by atoms with Crippen LogP contribution in [0, 0.1) is 17.8 Å². The normalized spacial score (nSPS) is 20.7. The lowest BCUT2D eigenvalue weighted by atomic mass is 9.89. The van der Waals surface area contributed by atoms with Crippen LogP contribution in [0.5, 0.6) is 0 Å². The molecule has 3 fully saturated rings. The van der Waals surface area contributed by atoms with Gasteiger partial charge in [0.05, 0.1) is 49.3 Å². The minimum absolute atomic E-state index is 0.00542. The number of fused-ring (bicyclic) bond motifs is 1. The van der Waals surface area contributed by atoms with Crippen molar-refractivity contribution in [3.63, 3.8) is 0 Å². The van der Waals surface area contributed by atoms with Crippen LogP contribution in [-0.2, 0) is 63.9 Å². The Kier molecular flexibility index (Phi) is 22.6. The van der Waals surface area contributed by atoms with Crippen LogP contribution in [0.3, 0.4) is 0 Å². The van der Waals surface area contributed by atoms with Crippen LogP contribution < -0.4 is 10.6 Å². The van der Waals surface area contributed by atoms with Gasteiger partial charge in [-0.2, -0.15) is 0 Å². The number of hydrogen-bond acceptors (Lipinski definition) is 15. The highest BCUT2D eigenvalue weighted by Crippen LogP contribution is 2.30. The molecule has 1 aromatic heterocycles. The predicted molar refractivity (Wildman–Crippen MR) is 274 cm³/mol. The molecule has 0 spiro atoms. The molecule has 3 aliphatic heterocycles. The molecule has 75 heavy (non-hydrogen) atoms. The summed E-state index contributed by atoms with van der Waals surface area (Å²) in [6, 6.07) is 3.42. The van der Waals surface area contributed by atoms with Gasteiger partial charge in [0, 0.05) is 70.6 Å². The smallest absolute Gasteiger partial charge is 0.333 e. The first-order valence-electron chi connectivity index (χ1n) is 26.5. The minimum atomic E-state index is -1.12. The molecule has 5 N–H and O–H groups in total. The summed E-state index contributed by atoms with van der Waals surface area (Å²) >= 11 is 0. The molecule has 22 nitrogen and oxygen atoms in total. The van der Waals surface area contributed by atoms with Gasteiger partial charge >= 0.3 is 5.97 Å². The van der Waals surface area contributed by atoms with E-state index >= 15 is 0 Å². The molecule has 4 heterocycles. The van der Waals surface area contributed by atoms with Gasteiger partial charge < -0.3 is 49.9 Å². The van der Waals surface area contributed by atoms with Gasteiger partial charge in [-0.3, -0.25) is 43.3 Å². The number of methoxy groups -OCH3 is 2. The molecule has 1 aromatic carbocycles. The number of carbonyl (C=O) groups is 8. The molecule has 2 aromatic rings. The second kappa shape index (κ2) is 28.0. The van der Waals surface area contributed by atoms with Crippen LogP contribution in [0.2, 0.25) is 0 Å². The van der Waals surface area contributed by atoms with Gasteiger partial charge in [0.1, 0.15) is 30.8 Å². The summed E-state index contributed by atoms with van der Waals surface area (Å²) in [4.78, 5) is 126. The number of hydrogen-bond donors (Lipinski definition) is 5. The fraction of sp³-hybridized carbons (Fsp3) is 0.698. The highest BCUT2D eigenvalue weighted by Gasteiger charge is 2.44. The summed E-state index contributed by atoms with van der Waals surface area (Å²) in [7, 11) is 6.31. The lowest BCUT2D eigenvalue weighted by Gasteiger charge is -2.41. The van der Waals surface area contributed by atoms with Gasteiger partial charge in [0.15, 0.2) is 0 Å². The number of aromatic amines is 1. The van der Waals surface area contributed by atoms with Crippen LogP contribution in [0.4, 0.5) is 0 Å². The van der Waals surface area contributed by atoms with Crippen molar-refractivity contribution < 1.29 is 67.7 Å². The molecular formula is C53H82N8O14. The molecule has 3 aliphatic rings. The Labute approximate surface area is 440 Å². The predicted octanol–water partition coefficient (Wildman–Crippen LogP) is 2.24. The quantitative estimate of drug-likeness (QED) is 0.0604. The maximum absolute atomic E-state index is 14.6. The Balaban J connectivity index is 1.22. The number of likely N-dealkylation sites (N-methyl/N-ethyl adjacent to an activating group) is 2. The number of β-amino-alcohol motifs (C(OH)–C–C–N with tert-alkyl or cyclic N) is 1. The van der Waals surface area contributed by atoms with Crippen LogP contribution in [0.1, 0.15) is 111 Å². The topological polar surface area (TPSA) is 270 Å². The summed E-state index contributed by atoms with van der Waals surface area (Å²) in [5, 5.41) is 29.4. The molecule has 0 saturated carbocycles. The molecule has 11 atom stereocenters. The van der Waals surface area contributed by atoms with Gasteiger partial charge in [-0.05, 0) is 69.7 Å². The zero-order valence-electron chi connectivity index (χ0n) is 45.5. The number of nitrogens with one attached hydrogen (secondary N) is 3. The Morgan fingerprint density at radius 3 is 2.24 bits per heavy atom. The van der Waals surface area contributed by atoms with Gasteiger partial charge in [0.25, 0.3) is 17.7 Å². The Hall–Kier alpha value is -5.52. The lowest BCUT2D eigenvalue weighted by Crippen LogP contribution is -2.60. The van der Waals surface area contributed by atoms with Crippen molar-refractivity contribution in [3.8, 4) is 0 Å². The third-order valence-corrected chi connectivity index (χ3v) is 15.0. The number of nitrogens with zero attached hydrogens (tertiary/aromatic N) is 5. The standard InChI is InChI=1S/C53H82N8O14/c1-11-32(4)47(58(8)53(71)46(31(2)3)56-51(69)48(34(6)62)57(7)24-16-12-13-21-45(67)75-61-42(64)22-23-43(61)65)41(72-9)27-44(66)59-25-17-20-40(59)49(73-10)33(5)50(68)55-39(52(70)60-29-36(63)30-74-60)26-35-28-54-38-19-15-14-18-37(35)38/h14-15,18-19,28,31-34,36,39-41,46-49,54,62-63H,11-13,16-17,20-27,29-30H2,1-10H3,(H,55,68)(H,56,69)/t32-,33+,34+,36?,39-,40-,41+,46-,47-,48-,49+/m0/s1. The summed E-state index contributed by atoms with van der Waals surface area (Å²) in [5.74, 6) is -5.34. The average molecular weight is 1060 g/mol. The zero-order valence-corrected chi connectivity index (χ0v) is 45.5. The van der Waals surface area contributed by atoms with E-state index in [9.17, 15) is 48.6 Å². The van der Waals surface area contributed by atoms with Crippen LogP contribution >= 0.6 is 0 Å². The van der Waals surface area contributed by atoms with Crippen molar-refractivity contribution in [1.29, 1.82) is 0 Å². The fourth-order valence-electron chi connectivity index (χ4n) is 10.6. The van der Waals surface area contributed by atoms with Crippen LogP contribution in [-0.4, -0.2) is 197 Å². The molecule has 0 bridgehead atoms. The number of ether oxygens (including phenoxy) is 2. The molecule has 0 radical (unpaired) electrons. The monoisotopic (exact) mass is 1050 g/mol. The number of likely N-dealkylation sites (tertiary alicyclic amines) is 1. The summed E-state index contributed by atoms with van der Waals surface area (Å²) in [6.07, 6.45) is 1.63. The summed E-state index contributed by atoms with van der Waals surface area (Å²) in [6.45, 7) is 11.4. The first-order valence-corrected chi connectivity index (χ1v) is 26.5. The van der Waals surface area contributed by atoms with Crippen LogP contribution in [0.25, 0.3) is 10.9 Å². The number of aliphatic hydroxyl groups excluding tert-OH is 2. The van der Waals surface area contributed by atoms with Gasteiger partial charge in [-0.1, -0.05) is 65.7 Å². The average Bonchev–Trinajstić information content (AvgIpc) is 4.20. The van der Waals surface area contributed by atoms with Crippen molar-refractivity contribution in [1.82, 2.24) is 40.4 Å². The SMILES string of the molecule is CC[C@H](C)[C@@H]([C@@H](CC(=O)N1CCC[C@H]1[C@H](OC)[C@@H](C)C(=O)N[C@@H](Cc1c[nH]c2ccccc12)C(=O)N1CC(O)CO1)OC)N(C)C(=O)[C@@H](NC(=O)[C@H]([C@@H](C)O)N(C)CCCCCC(=O)ON1C(=O)CCC1=O)C(C)C. The zero-order chi connectivity index (χ0) is 55.3. The summed E-state index contributed by atoms with van der Waals surface area (Å²) in [5.41, 5.74) is 1.68. The van der Waals surface area contributed by atoms with Crippen molar-refractivity contribution >= 4 is 58.2 Å². The van der Waals surface area contributed by atoms with E-state index in [1.165, 1.54) is 21.1 Å². The van der Waals surface area contributed by atoms with E-state index in [2.05, 4.69) is 15.6 Å². The number of amides is 7. The highest BCUT2D eigenvalue weighted by molar-refractivity contribution is 6.01. The van der Waals surface area contributed by atoms with Crippen molar-refractivity contribution in [2.45, 2.75) is 167 Å². The number of para-hydroxylation sites is 1. The molecule has 418 valence electrons. The van der Waals surface area contributed by atoms with E-state index < -0.39 is 102 Å². The Morgan fingerprint density at radius 1 is 0.933 bits per heavy atom. The second-order valence-corrected chi connectivity index (χ2v) is 20.8. The first-order chi connectivity index (χ1) is 35.6. The van der Waals surface area contributed by atoms with Crippen molar-refractivity contribution in [2.75, 3.05) is 54.6 Å². The van der Waals surface area contributed by atoms with Gasteiger partial charge in [-0.25, -0.2) is 9.86 Å². The van der Waals surface area contributed by atoms with E-state index in [4.69, 9.17) is 19.1 Å². The molecule has 22 heteroatoms. The number of unbranched alkanes of at least 4 members (excludes halogenated alkanes) is 2. The Morgan fingerprint density at radius 2 is 1.63 bits per heavy atom.